The van der Waals surface area contributed by atoms with E-state index in [1.807, 2.05) is 20.1 Å². The van der Waals surface area contributed by atoms with E-state index in [9.17, 15) is 9.59 Å². The molecule has 0 radical (unpaired) electrons. The number of hydrogen-bond donors (Lipinski definition) is 3. The number of carbonyl (C=O) groups excluding carboxylic acids is 1. The number of urea groups is 1. The van der Waals surface area contributed by atoms with Gasteiger partial charge in [-0.15, -0.1) is 0 Å². The molecule has 0 spiro atoms. The number of carboxylic acids is 1. The second-order valence-electron chi connectivity index (χ2n) is 4.07. The van der Waals surface area contributed by atoms with Crippen LogP contribution in [0.5, 0.6) is 0 Å². The van der Waals surface area contributed by atoms with Crippen molar-refractivity contribution in [3.63, 3.8) is 0 Å². The van der Waals surface area contributed by atoms with Crippen molar-refractivity contribution in [3.05, 3.63) is 0 Å². The first-order chi connectivity index (χ1) is 7.37. The quantitative estimate of drug-likeness (QED) is 0.593. The highest BCUT2D eigenvalue weighted by Gasteiger charge is 2.16. The fraction of sp³-hybridized carbons (Fsp3) is 0.800. The normalized spacial score (nSPS) is 10.9. The second kappa shape index (κ2) is 7.38. The molecule has 0 rings (SSSR count). The van der Waals surface area contributed by atoms with Gasteiger partial charge in [0.1, 0.15) is 0 Å². The second-order valence-corrected chi connectivity index (χ2v) is 5.58. The lowest BCUT2D eigenvalue weighted by molar-refractivity contribution is -0.137. The van der Waals surface area contributed by atoms with E-state index in [2.05, 4.69) is 10.6 Å². The van der Waals surface area contributed by atoms with E-state index < -0.39 is 5.97 Å². The Morgan fingerprint density at radius 1 is 1.31 bits per heavy atom. The molecule has 0 aliphatic carbocycles. The van der Waals surface area contributed by atoms with Crippen molar-refractivity contribution in [2.24, 2.45) is 0 Å². The number of aliphatic carboxylic acids is 1. The van der Waals surface area contributed by atoms with Crippen molar-refractivity contribution in [2.45, 2.75) is 31.4 Å². The minimum absolute atomic E-state index is 0.0123. The van der Waals surface area contributed by atoms with Crippen LogP contribution in [0.1, 0.15) is 26.7 Å². The molecular weight excluding hydrogens is 228 g/mol. The van der Waals surface area contributed by atoms with Crippen LogP contribution in [0.15, 0.2) is 0 Å². The summed E-state index contributed by atoms with van der Waals surface area (Å²) in [6, 6.07) is -0.243. The van der Waals surface area contributed by atoms with E-state index >= 15 is 0 Å². The van der Waals surface area contributed by atoms with Gasteiger partial charge in [0.05, 0.1) is 0 Å². The van der Waals surface area contributed by atoms with Crippen LogP contribution < -0.4 is 10.6 Å². The molecule has 0 atom stereocenters. The molecular formula is C10H20N2O3S. The van der Waals surface area contributed by atoms with Gasteiger partial charge in [-0.05, 0) is 26.5 Å². The van der Waals surface area contributed by atoms with E-state index in [1.54, 1.807) is 11.8 Å². The Labute approximate surface area is 100 Å². The maximum absolute atomic E-state index is 11.3. The van der Waals surface area contributed by atoms with Gasteiger partial charge in [0.2, 0.25) is 0 Å². The van der Waals surface area contributed by atoms with Crippen LogP contribution in [-0.4, -0.2) is 41.2 Å². The monoisotopic (exact) mass is 248 g/mol. The third-order valence-electron chi connectivity index (χ3n) is 2.08. The van der Waals surface area contributed by atoms with Gasteiger partial charge in [0, 0.05) is 24.3 Å². The standard InChI is InChI=1S/C10H20N2O3S/c1-10(2,16-3)7-12-9(15)11-6-4-5-8(13)14/h4-7H2,1-3H3,(H,13,14)(H2,11,12,15). The minimum Gasteiger partial charge on any atom is -0.481 e. The molecule has 0 aromatic rings. The summed E-state index contributed by atoms with van der Waals surface area (Å²) in [7, 11) is 0. The van der Waals surface area contributed by atoms with Gasteiger partial charge in [-0.1, -0.05) is 0 Å². The van der Waals surface area contributed by atoms with Crippen molar-refractivity contribution in [1.82, 2.24) is 10.6 Å². The predicted molar refractivity (Wildman–Crippen MR) is 65.9 cm³/mol. The van der Waals surface area contributed by atoms with Gasteiger partial charge >= 0.3 is 12.0 Å². The average molecular weight is 248 g/mol. The molecule has 0 fully saturated rings. The SMILES string of the molecule is CSC(C)(C)CNC(=O)NCCCC(=O)O. The van der Waals surface area contributed by atoms with Gasteiger partial charge in [-0.25, -0.2) is 4.79 Å². The van der Waals surface area contributed by atoms with E-state index in [0.29, 0.717) is 19.5 Å². The Morgan fingerprint density at radius 2 is 1.94 bits per heavy atom. The summed E-state index contributed by atoms with van der Waals surface area (Å²) in [4.78, 5) is 21.5. The van der Waals surface area contributed by atoms with Crippen LogP contribution in [0.3, 0.4) is 0 Å². The van der Waals surface area contributed by atoms with Gasteiger partial charge in [0.25, 0.3) is 0 Å². The van der Waals surface area contributed by atoms with Crippen molar-refractivity contribution >= 4 is 23.8 Å². The van der Waals surface area contributed by atoms with Crippen LogP contribution in [0.2, 0.25) is 0 Å². The number of carboxylic acid groups (broad SMARTS) is 1. The molecule has 0 heterocycles. The topological polar surface area (TPSA) is 78.4 Å². The Hall–Kier alpha value is -0.910. The van der Waals surface area contributed by atoms with Crippen LogP contribution >= 0.6 is 11.8 Å². The fourth-order valence-corrected chi connectivity index (χ4v) is 1.09. The highest BCUT2D eigenvalue weighted by molar-refractivity contribution is 7.99. The van der Waals surface area contributed by atoms with E-state index in [4.69, 9.17) is 5.11 Å². The largest absolute Gasteiger partial charge is 0.481 e. The molecule has 0 aromatic carbocycles. The van der Waals surface area contributed by atoms with Gasteiger partial charge in [-0.3, -0.25) is 4.79 Å². The number of nitrogens with one attached hydrogen (secondary N) is 2. The summed E-state index contributed by atoms with van der Waals surface area (Å²) < 4.78 is 0.0123. The molecule has 0 saturated carbocycles. The number of hydrogen-bond acceptors (Lipinski definition) is 3. The third kappa shape index (κ3) is 8.40. The molecule has 6 heteroatoms. The maximum Gasteiger partial charge on any atom is 0.314 e. The van der Waals surface area contributed by atoms with Gasteiger partial charge in [-0.2, -0.15) is 11.8 Å². The molecule has 0 aliphatic heterocycles. The summed E-state index contributed by atoms with van der Waals surface area (Å²) in [6.07, 6.45) is 2.53. The number of rotatable bonds is 7. The van der Waals surface area contributed by atoms with E-state index in [1.165, 1.54) is 0 Å². The Balaban J connectivity index is 3.56. The first-order valence-corrected chi connectivity index (χ1v) is 6.38. The summed E-state index contributed by atoms with van der Waals surface area (Å²) >= 11 is 1.68. The molecule has 16 heavy (non-hydrogen) atoms. The lowest BCUT2D eigenvalue weighted by Crippen LogP contribution is -2.42. The molecule has 2 amide bonds. The average Bonchev–Trinajstić information content (AvgIpc) is 2.21. The smallest absolute Gasteiger partial charge is 0.314 e. The molecule has 3 N–H and O–H groups in total. The Bertz CT molecular complexity index is 244. The summed E-state index contributed by atoms with van der Waals surface area (Å²) in [5.74, 6) is -0.842. The van der Waals surface area contributed by atoms with Gasteiger partial charge < -0.3 is 15.7 Å². The Morgan fingerprint density at radius 3 is 2.44 bits per heavy atom. The van der Waals surface area contributed by atoms with Crippen LogP contribution in [-0.2, 0) is 4.79 Å². The molecule has 0 bridgehead atoms. The summed E-state index contributed by atoms with van der Waals surface area (Å²) in [5, 5.41) is 13.7. The number of carbonyl (C=O) groups is 2. The highest BCUT2D eigenvalue weighted by atomic mass is 32.2. The van der Waals surface area contributed by atoms with Crippen molar-refractivity contribution < 1.29 is 14.7 Å². The highest BCUT2D eigenvalue weighted by Crippen LogP contribution is 2.19. The minimum atomic E-state index is -0.842. The zero-order chi connectivity index (χ0) is 12.6. The van der Waals surface area contributed by atoms with Crippen molar-refractivity contribution in [3.8, 4) is 0 Å². The Kier molecular flexibility index (Phi) is 6.96. The molecule has 0 saturated heterocycles. The summed E-state index contributed by atoms with van der Waals surface area (Å²) in [5.41, 5.74) is 0. The van der Waals surface area contributed by atoms with Gasteiger partial charge in [0.15, 0.2) is 0 Å². The van der Waals surface area contributed by atoms with Crippen LogP contribution in [0, 0.1) is 0 Å². The number of thioether (sulfide) groups is 1. The van der Waals surface area contributed by atoms with E-state index in [-0.39, 0.29) is 17.2 Å². The van der Waals surface area contributed by atoms with Crippen LogP contribution in [0.4, 0.5) is 4.79 Å². The molecule has 0 unspecified atom stereocenters. The molecule has 94 valence electrons. The van der Waals surface area contributed by atoms with Crippen LogP contribution in [0.25, 0.3) is 0 Å². The van der Waals surface area contributed by atoms with E-state index in [0.717, 1.165) is 0 Å². The lowest BCUT2D eigenvalue weighted by Gasteiger charge is -2.22. The first kappa shape index (κ1) is 15.1. The number of amides is 2. The third-order valence-corrected chi connectivity index (χ3v) is 3.33. The maximum atomic E-state index is 11.3. The summed E-state index contributed by atoms with van der Waals surface area (Å²) in [6.45, 7) is 5.06. The molecule has 0 aromatic heterocycles. The van der Waals surface area contributed by atoms with Crippen molar-refractivity contribution in [2.75, 3.05) is 19.3 Å². The lowest BCUT2D eigenvalue weighted by atomic mass is 10.2. The zero-order valence-electron chi connectivity index (χ0n) is 10.0. The van der Waals surface area contributed by atoms with Crippen molar-refractivity contribution in [1.29, 1.82) is 0 Å². The zero-order valence-corrected chi connectivity index (χ0v) is 10.8. The molecule has 0 aliphatic rings. The fourth-order valence-electron chi connectivity index (χ4n) is 0.869. The first-order valence-electron chi connectivity index (χ1n) is 5.16. The molecule has 5 nitrogen and oxygen atoms in total. The predicted octanol–water partition coefficient (Wildman–Crippen LogP) is 1.29.